The molecule has 1 aliphatic rings. The fourth-order valence-electron chi connectivity index (χ4n) is 1.56. The van der Waals surface area contributed by atoms with Crippen LogP contribution in [0.5, 0.6) is 0 Å². The Labute approximate surface area is 94.1 Å². The van der Waals surface area contributed by atoms with Crippen molar-refractivity contribution in [2.75, 3.05) is 0 Å². The van der Waals surface area contributed by atoms with Gasteiger partial charge >= 0.3 is 0 Å². The van der Waals surface area contributed by atoms with E-state index < -0.39 is 0 Å². The Morgan fingerprint density at radius 2 is 1.93 bits per heavy atom. The summed E-state index contributed by atoms with van der Waals surface area (Å²) in [6.07, 6.45) is 7.28. The molecule has 0 amide bonds. The number of ketones is 1. The van der Waals surface area contributed by atoms with Crippen molar-refractivity contribution in [3.8, 4) is 0 Å². The van der Waals surface area contributed by atoms with E-state index in [1.54, 1.807) is 6.08 Å². The van der Waals surface area contributed by atoms with E-state index in [2.05, 4.69) is 0 Å². The SMILES string of the molecule is O=C1C=CCC/C1=C/c1ccc(Cl)cc1. The zero-order chi connectivity index (χ0) is 10.7. The number of halogens is 1. The van der Waals surface area contributed by atoms with Gasteiger partial charge in [0.2, 0.25) is 0 Å². The van der Waals surface area contributed by atoms with E-state index in [1.165, 1.54) is 0 Å². The minimum Gasteiger partial charge on any atom is -0.290 e. The Kier molecular flexibility index (Phi) is 3.02. The molecule has 15 heavy (non-hydrogen) atoms. The van der Waals surface area contributed by atoms with Crippen LogP contribution in [0, 0.1) is 0 Å². The zero-order valence-electron chi connectivity index (χ0n) is 8.24. The van der Waals surface area contributed by atoms with Crippen LogP contribution in [0.4, 0.5) is 0 Å². The van der Waals surface area contributed by atoms with E-state index in [4.69, 9.17) is 11.6 Å². The molecule has 0 heterocycles. The quantitative estimate of drug-likeness (QED) is 0.658. The first kappa shape index (κ1) is 10.2. The van der Waals surface area contributed by atoms with Crippen LogP contribution >= 0.6 is 11.6 Å². The number of hydrogen-bond donors (Lipinski definition) is 0. The van der Waals surface area contributed by atoms with Crippen molar-refractivity contribution in [3.63, 3.8) is 0 Å². The maximum absolute atomic E-state index is 11.5. The molecule has 2 heteroatoms. The first-order valence-electron chi connectivity index (χ1n) is 4.93. The molecule has 0 radical (unpaired) electrons. The smallest absolute Gasteiger partial charge is 0.181 e. The molecule has 0 atom stereocenters. The predicted octanol–water partition coefficient (Wildman–Crippen LogP) is 3.64. The molecule has 0 bridgehead atoms. The summed E-state index contributed by atoms with van der Waals surface area (Å²) >= 11 is 5.78. The summed E-state index contributed by atoms with van der Waals surface area (Å²) in [5, 5.41) is 0.715. The standard InChI is InChI=1S/C13H11ClO/c14-12-7-5-10(6-8-12)9-11-3-1-2-4-13(11)15/h2,4-9H,1,3H2/b11-9-. The van der Waals surface area contributed by atoms with Gasteiger partial charge in [0.25, 0.3) is 0 Å². The molecule has 0 N–H and O–H groups in total. The molecule has 2 rings (SSSR count). The van der Waals surface area contributed by atoms with Gasteiger partial charge in [-0.15, -0.1) is 0 Å². The number of benzene rings is 1. The van der Waals surface area contributed by atoms with Crippen LogP contribution in [0.2, 0.25) is 5.02 Å². The molecule has 1 aromatic rings. The summed E-state index contributed by atoms with van der Waals surface area (Å²) in [5.74, 6) is 0.121. The average molecular weight is 219 g/mol. The highest BCUT2D eigenvalue weighted by Crippen LogP contribution is 2.18. The molecule has 0 aliphatic heterocycles. The predicted molar refractivity (Wildman–Crippen MR) is 62.8 cm³/mol. The minimum absolute atomic E-state index is 0.121. The first-order chi connectivity index (χ1) is 7.25. The highest BCUT2D eigenvalue weighted by atomic mass is 35.5. The second kappa shape index (κ2) is 4.45. The molecular weight excluding hydrogens is 208 g/mol. The van der Waals surface area contributed by atoms with Crippen LogP contribution in [0.25, 0.3) is 6.08 Å². The Balaban J connectivity index is 2.26. The molecule has 0 saturated heterocycles. The van der Waals surface area contributed by atoms with Crippen molar-refractivity contribution >= 4 is 23.5 Å². The third-order valence-electron chi connectivity index (χ3n) is 2.38. The first-order valence-corrected chi connectivity index (χ1v) is 5.30. The Bertz CT molecular complexity index is 426. The van der Waals surface area contributed by atoms with Gasteiger partial charge in [0.15, 0.2) is 5.78 Å². The maximum atomic E-state index is 11.5. The van der Waals surface area contributed by atoms with E-state index in [0.29, 0.717) is 5.02 Å². The summed E-state index contributed by atoms with van der Waals surface area (Å²) in [4.78, 5) is 11.5. The maximum Gasteiger partial charge on any atom is 0.181 e. The number of carbonyl (C=O) groups excluding carboxylic acids is 1. The van der Waals surface area contributed by atoms with Crippen molar-refractivity contribution in [1.29, 1.82) is 0 Å². The van der Waals surface area contributed by atoms with E-state index in [1.807, 2.05) is 36.4 Å². The van der Waals surface area contributed by atoms with Crippen LogP contribution in [0.1, 0.15) is 18.4 Å². The van der Waals surface area contributed by atoms with E-state index in [9.17, 15) is 4.79 Å². The lowest BCUT2D eigenvalue weighted by Crippen LogP contribution is -2.02. The summed E-state index contributed by atoms with van der Waals surface area (Å²) in [5.41, 5.74) is 1.90. The van der Waals surface area contributed by atoms with Gasteiger partial charge in [-0.2, -0.15) is 0 Å². The molecule has 0 saturated carbocycles. The second-order valence-corrected chi connectivity index (χ2v) is 3.96. The summed E-state index contributed by atoms with van der Waals surface area (Å²) in [7, 11) is 0. The highest BCUT2D eigenvalue weighted by molar-refractivity contribution is 6.30. The lowest BCUT2D eigenvalue weighted by Gasteiger charge is -2.06. The van der Waals surface area contributed by atoms with Crippen LogP contribution in [0.15, 0.2) is 42.0 Å². The van der Waals surface area contributed by atoms with E-state index in [-0.39, 0.29) is 5.78 Å². The molecule has 0 fully saturated rings. The van der Waals surface area contributed by atoms with Gasteiger partial charge < -0.3 is 0 Å². The van der Waals surface area contributed by atoms with Crippen molar-refractivity contribution < 1.29 is 4.79 Å². The minimum atomic E-state index is 0.121. The highest BCUT2D eigenvalue weighted by Gasteiger charge is 2.09. The lowest BCUT2D eigenvalue weighted by atomic mass is 9.97. The van der Waals surface area contributed by atoms with E-state index >= 15 is 0 Å². The van der Waals surface area contributed by atoms with Crippen molar-refractivity contribution in [3.05, 3.63) is 52.6 Å². The van der Waals surface area contributed by atoms with Gasteiger partial charge in [-0.25, -0.2) is 0 Å². The third-order valence-corrected chi connectivity index (χ3v) is 2.63. The van der Waals surface area contributed by atoms with Crippen LogP contribution in [0.3, 0.4) is 0 Å². The number of rotatable bonds is 1. The van der Waals surface area contributed by atoms with E-state index in [0.717, 1.165) is 24.0 Å². The molecule has 0 spiro atoms. The molecule has 1 nitrogen and oxygen atoms in total. The molecule has 1 aliphatic carbocycles. The monoisotopic (exact) mass is 218 g/mol. The number of hydrogen-bond acceptors (Lipinski definition) is 1. The number of allylic oxidation sites excluding steroid dienone is 3. The molecule has 1 aromatic carbocycles. The third kappa shape index (κ3) is 2.57. The Morgan fingerprint density at radius 3 is 2.60 bits per heavy atom. The Morgan fingerprint density at radius 1 is 1.20 bits per heavy atom. The molecule has 0 aromatic heterocycles. The lowest BCUT2D eigenvalue weighted by molar-refractivity contribution is -0.111. The molecule has 76 valence electrons. The van der Waals surface area contributed by atoms with Crippen molar-refractivity contribution in [2.24, 2.45) is 0 Å². The summed E-state index contributed by atoms with van der Waals surface area (Å²) < 4.78 is 0. The molecule has 0 unspecified atom stereocenters. The van der Waals surface area contributed by atoms with Gasteiger partial charge in [-0.05, 0) is 42.7 Å². The van der Waals surface area contributed by atoms with Crippen molar-refractivity contribution in [2.45, 2.75) is 12.8 Å². The summed E-state index contributed by atoms with van der Waals surface area (Å²) in [6, 6.07) is 7.50. The van der Waals surface area contributed by atoms with Crippen LogP contribution in [-0.4, -0.2) is 5.78 Å². The fraction of sp³-hybridized carbons (Fsp3) is 0.154. The van der Waals surface area contributed by atoms with Gasteiger partial charge in [0.1, 0.15) is 0 Å². The van der Waals surface area contributed by atoms with Gasteiger partial charge in [0, 0.05) is 10.6 Å². The van der Waals surface area contributed by atoms with Crippen LogP contribution < -0.4 is 0 Å². The summed E-state index contributed by atoms with van der Waals surface area (Å²) in [6.45, 7) is 0. The molecular formula is C13H11ClO. The van der Waals surface area contributed by atoms with Gasteiger partial charge in [0.05, 0.1) is 0 Å². The van der Waals surface area contributed by atoms with Gasteiger partial charge in [-0.3, -0.25) is 4.79 Å². The average Bonchev–Trinajstić information content (AvgIpc) is 2.25. The fourth-order valence-corrected chi connectivity index (χ4v) is 1.69. The topological polar surface area (TPSA) is 17.1 Å². The van der Waals surface area contributed by atoms with Crippen molar-refractivity contribution in [1.82, 2.24) is 0 Å². The Hall–Kier alpha value is -1.34. The second-order valence-electron chi connectivity index (χ2n) is 3.53. The zero-order valence-corrected chi connectivity index (χ0v) is 9.00. The normalized spacial score (nSPS) is 18.5. The van der Waals surface area contributed by atoms with Crippen LogP contribution in [-0.2, 0) is 4.79 Å². The van der Waals surface area contributed by atoms with Gasteiger partial charge in [-0.1, -0.05) is 29.8 Å². The largest absolute Gasteiger partial charge is 0.290 e. The number of carbonyl (C=O) groups is 1.